The fourth-order valence-corrected chi connectivity index (χ4v) is 4.12. The van der Waals surface area contributed by atoms with Crippen molar-refractivity contribution in [2.45, 2.75) is 57.7 Å². The third kappa shape index (κ3) is 3.88. The first-order chi connectivity index (χ1) is 13.1. The zero-order valence-electron chi connectivity index (χ0n) is 16.2. The van der Waals surface area contributed by atoms with E-state index in [0.717, 1.165) is 43.0 Å². The van der Waals surface area contributed by atoms with Gasteiger partial charge < -0.3 is 4.90 Å². The second-order valence-electron chi connectivity index (χ2n) is 7.80. The van der Waals surface area contributed by atoms with E-state index in [1.807, 2.05) is 35.0 Å². The zero-order valence-corrected chi connectivity index (χ0v) is 16.2. The van der Waals surface area contributed by atoms with E-state index < -0.39 is 0 Å². The van der Waals surface area contributed by atoms with Crippen LogP contribution in [0.1, 0.15) is 61.8 Å². The molecule has 0 N–H and O–H groups in total. The van der Waals surface area contributed by atoms with E-state index in [1.165, 1.54) is 12.8 Å². The molecule has 0 aromatic carbocycles. The molecule has 7 nitrogen and oxygen atoms in total. The summed E-state index contributed by atoms with van der Waals surface area (Å²) in [4.78, 5) is 26.5. The summed E-state index contributed by atoms with van der Waals surface area (Å²) in [6.07, 6.45) is 10.5. The van der Waals surface area contributed by atoms with Gasteiger partial charge in [-0.2, -0.15) is 5.10 Å². The van der Waals surface area contributed by atoms with Gasteiger partial charge in [-0.3, -0.25) is 14.4 Å². The standard InChI is InChI=1S/C20H28N6O/c1-15(26-10-5-8-22-26)12-19(27)25-11-7-17-16(14-25)13-21-20(23-17)18-6-3-4-9-24(18)2/h5,8,10,13,15,18H,3-4,6-7,9,11-12,14H2,1-2H3/t15-,18+/m0/s1. The monoisotopic (exact) mass is 368 g/mol. The van der Waals surface area contributed by atoms with Crippen molar-refractivity contribution in [3.05, 3.63) is 41.7 Å². The quantitative estimate of drug-likeness (QED) is 0.829. The highest BCUT2D eigenvalue weighted by atomic mass is 16.2. The molecule has 1 saturated heterocycles. The number of amides is 1. The summed E-state index contributed by atoms with van der Waals surface area (Å²) in [6.45, 7) is 4.48. The number of nitrogens with zero attached hydrogens (tertiary/aromatic N) is 6. The first kappa shape index (κ1) is 18.1. The predicted octanol–water partition coefficient (Wildman–Crippen LogP) is 2.37. The van der Waals surface area contributed by atoms with Crippen molar-refractivity contribution in [1.82, 2.24) is 29.5 Å². The lowest BCUT2D eigenvalue weighted by molar-refractivity contribution is -0.132. The van der Waals surface area contributed by atoms with Gasteiger partial charge >= 0.3 is 0 Å². The second-order valence-corrected chi connectivity index (χ2v) is 7.80. The Kier molecular flexibility index (Phi) is 5.20. The highest BCUT2D eigenvalue weighted by Crippen LogP contribution is 2.28. The molecular formula is C20H28N6O. The van der Waals surface area contributed by atoms with E-state index >= 15 is 0 Å². The lowest BCUT2D eigenvalue weighted by Crippen LogP contribution is -2.38. The third-order valence-electron chi connectivity index (χ3n) is 5.82. The van der Waals surface area contributed by atoms with Gasteiger partial charge in [-0.1, -0.05) is 6.42 Å². The number of hydrogen-bond donors (Lipinski definition) is 0. The van der Waals surface area contributed by atoms with Gasteiger partial charge in [-0.15, -0.1) is 0 Å². The van der Waals surface area contributed by atoms with Gasteiger partial charge in [0.15, 0.2) is 0 Å². The van der Waals surface area contributed by atoms with Crippen LogP contribution in [-0.2, 0) is 17.8 Å². The highest BCUT2D eigenvalue weighted by Gasteiger charge is 2.27. The van der Waals surface area contributed by atoms with Crippen molar-refractivity contribution < 1.29 is 4.79 Å². The van der Waals surface area contributed by atoms with Gasteiger partial charge in [0.1, 0.15) is 5.82 Å². The normalized spacial score (nSPS) is 21.7. The predicted molar refractivity (Wildman–Crippen MR) is 102 cm³/mol. The molecule has 27 heavy (non-hydrogen) atoms. The molecule has 1 amide bonds. The fraction of sp³-hybridized carbons (Fsp3) is 0.600. The van der Waals surface area contributed by atoms with Crippen molar-refractivity contribution in [3.63, 3.8) is 0 Å². The molecule has 0 unspecified atom stereocenters. The molecule has 0 saturated carbocycles. The molecule has 0 radical (unpaired) electrons. The van der Waals surface area contributed by atoms with E-state index in [-0.39, 0.29) is 11.9 Å². The number of carbonyl (C=O) groups is 1. The number of fused-ring (bicyclic) bond motifs is 1. The minimum absolute atomic E-state index is 0.0642. The maximum Gasteiger partial charge on any atom is 0.225 e. The van der Waals surface area contributed by atoms with E-state index in [1.54, 1.807) is 6.20 Å². The van der Waals surface area contributed by atoms with Crippen LogP contribution >= 0.6 is 0 Å². The average Bonchev–Trinajstić information content (AvgIpc) is 3.22. The Balaban J connectivity index is 1.42. The maximum atomic E-state index is 12.7. The Bertz CT molecular complexity index is 790. The van der Waals surface area contributed by atoms with Crippen LogP contribution < -0.4 is 0 Å². The first-order valence-electron chi connectivity index (χ1n) is 9.93. The van der Waals surface area contributed by atoms with Gasteiger partial charge in [0.2, 0.25) is 5.91 Å². The number of aromatic nitrogens is 4. The Hall–Kier alpha value is -2.28. The molecule has 0 spiro atoms. The summed E-state index contributed by atoms with van der Waals surface area (Å²) in [7, 11) is 2.16. The molecule has 4 rings (SSSR count). The summed E-state index contributed by atoms with van der Waals surface area (Å²) in [6, 6.07) is 2.28. The SMILES string of the molecule is C[C@@H](CC(=O)N1CCc2nc([C@H]3CCCCN3C)ncc2C1)n1cccn1. The number of carbonyl (C=O) groups excluding carboxylic acids is 1. The van der Waals surface area contributed by atoms with Crippen LogP contribution in [0.2, 0.25) is 0 Å². The van der Waals surface area contributed by atoms with Crippen molar-refractivity contribution in [2.75, 3.05) is 20.1 Å². The fourth-order valence-electron chi connectivity index (χ4n) is 4.12. The number of rotatable bonds is 4. The van der Waals surface area contributed by atoms with E-state index in [9.17, 15) is 4.79 Å². The third-order valence-corrected chi connectivity index (χ3v) is 5.82. The van der Waals surface area contributed by atoms with Crippen LogP contribution in [0.5, 0.6) is 0 Å². The average molecular weight is 368 g/mol. The number of likely N-dealkylation sites (tertiary alicyclic amines) is 1. The van der Waals surface area contributed by atoms with Crippen LogP contribution in [0.15, 0.2) is 24.7 Å². The summed E-state index contributed by atoms with van der Waals surface area (Å²) in [5, 5.41) is 4.23. The smallest absolute Gasteiger partial charge is 0.225 e. The summed E-state index contributed by atoms with van der Waals surface area (Å²) in [5.74, 6) is 1.11. The van der Waals surface area contributed by atoms with Crippen LogP contribution in [0, 0.1) is 0 Å². The Morgan fingerprint density at radius 3 is 3.00 bits per heavy atom. The van der Waals surface area contributed by atoms with Crippen molar-refractivity contribution >= 4 is 5.91 Å². The summed E-state index contributed by atoms with van der Waals surface area (Å²) < 4.78 is 1.84. The molecule has 4 heterocycles. The van der Waals surface area contributed by atoms with E-state index in [0.29, 0.717) is 19.0 Å². The lowest BCUT2D eigenvalue weighted by atomic mass is 10.0. The van der Waals surface area contributed by atoms with Crippen LogP contribution in [0.25, 0.3) is 0 Å². The maximum absolute atomic E-state index is 12.7. The summed E-state index contributed by atoms with van der Waals surface area (Å²) in [5.41, 5.74) is 2.20. The minimum Gasteiger partial charge on any atom is -0.338 e. The Morgan fingerprint density at radius 1 is 1.33 bits per heavy atom. The molecule has 2 aliphatic heterocycles. The van der Waals surface area contributed by atoms with Crippen LogP contribution in [0.4, 0.5) is 0 Å². The van der Waals surface area contributed by atoms with Gasteiger partial charge in [0.05, 0.1) is 17.8 Å². The highest BCUT2D eigenvalue weighted by molar-refractivity contribution is 5.76. The zero-order chi connectivity index (χ0) is 18.8. The van der Waals surface area contributed by atoms with E-state index in [4.69, 9.17) is 4.98 Å². The molecule has 0 bridgehead atoms. The molecule has 7 heteroatoms. The molecule has 144 valence electrons. The van der Waals surface area contributed by atoms with Crippen molar-refractivity contribution in [3.8, 4) is 0 Å². The molecule has 2 aromatic rings. The number of piperidine rings is 1. The molecule has 1 fully saturated rings. The Labute approximate surface area is 160 Å². The molecular weight excluding hydrogens is 340 g/mol. The molecule has 0 aliphatic carbocycles. The van der Waals surface area contributed by atoms with Crippen LogP contribution in [-0.4, -0.2) is 55.6 Å². The van der Waals surface area contributed by atoms with Crippen LogP contribution in [0.3, 0.4) is 0 Å². The van der Waals surface area contributed by atoms with Crippen molar-refractivity contribution in [2.24, 2.45) is 0 Å². The first-order valence-corrected chi connectivity index (χ1v) is 9.93. The molecule has 2 aromatic heterocycles. The topological polar surface area (TPSA) is 67.2 Å². The van der Waals surface area contributed by atoms with Gasteiger partial charge in [-0.25, -0.2) is 9.97 Å². The van der Waals surface area contributed by atoms with Gasteiger partial charge in [0, 0.05) is 50.1 Å². The van der Waals surface area contributed by atoms with Crippen molar-refractivity contribution in [1.29, 1.82) is 0 Å². The summed E-state index contributed by atoms with van der Waals surface area (Å²) >= 11 is 0. The number of hydrogen-bond acceptors (Lipinski definition) is 5. The van der Waals surface area contributed by atoms with E-state index in [2.05, 4.69) is 22.0 Å². The second kappa shape index (κ2) is 7.76. The molecule has 2 aliphatic rings. The van der Waals surface area contributed by atoms with Gasteiger partial charge in [-0.05, 0) is 39.4 Å². The largest absolute Gasteiger partial charge is 0.338 e. The molecule has 2 atom stereocenters. The lowest BCUT2D eigenvalue weighted by Gasteiger charge is -2.33. The Morgan fingerprint density at radius 2 is 2.22 bits per heavy atom. The van der Waals surface area contributed by atoms with Gasteiger partial charge in [0.25, 0.3) is 0 Å². The minimum atomic E-state index is 0.0642.